The molecule has 0 aliphatic heterocycles. The Bertz CT molecular complexity index is 396. The van der Waals surface area contributed by atoms with Crippen molar-refractivity contribution >= 4 is 16.3 Å². The molecule has 0 heterocycles. The average molecular weight is 194 g/mol. The predicted octanol–water partition coefficient (Wildman–Crippen LogP) is 1.45. The molecule has 2 rings (SSSR count). The number of benzene rings is 1. The third-order valence-electron chi connectivity index (χ3n) is 2.28. The zero-order chi connectivity index (χ0) is 9.26. The van der Waals surface area contributed by atoms with Gasteiger partial charge in [-0.2, -0.15) is 0 Å². The van der Waals surface area contributed by atoms with Gasteiger partial charge in [-0.25, -0.2) is 8.42 Å². The second-order valence-electron chi connectivity index (χ2n) is 3.06. The maximum atomic E-state index is 10.8. The Balaban J connectivity index is 2.30. The zero-order valence-electron chi connectivity index (χ0n) is 7.01. The molecule has 1 aliphatic carbocycles. The van der Waals surface area contributed by atoms with E-state index >= 15 is 0 Å². The van der Waals surface area contributed by atoms with Crippen LogP contribution in [0.25, 0.3) is 5.57 Å². The van der Waals surface area contributed by atoms with E-state index in [2.05, 4.69) is 0 Å². The highest BCUT2D eigenvalue weighted by atomic mass is 32.2. The molecule has 0 spiro atoms. The van der Waals surface area contributed by atoms with Gasteiger partial charge >= 0.3 is 0 Å². The van der Waals surface area contributed by atoms with Crippen LogP contribution in [-0.2, 0) is 10.7 Å². The molecule has 0 aromatic heterocycles. The van der Waals surface area contributed by atoms with Crippen molar-refractivity contribution in [3.8, 4) is 0 Å². The maximum absolute atomic E-state index is 10.8. The molecule has 1 atom stereocenters. The number of allylic oxidation sites excluding steroid dienone is 1. The standard InChI is InChI=1S/C10H10O2S/c11-13(12)10-7-6-9(10)8-4-2-1-3-5-8/h1-6,10,13H,7H2. The highest BCUT2D eigenvalue weighted by Gasteiger charge is 2.24. The quantitative estimate of drug-likeness (QED) is 0.723. The van der Waals surface area contributed by atoms with Crippen molar-refractivity contribution in [3.63, 3.8) is 0 Å². The van der Waals surface area contributed by atoms with Gasteiger partial charge in [-0.1, -0.05) is 36.4 Å². The molecule has 1 aromatic rings. The molecule has 1 aromatic carbocycles. The molecule has 1 aliphatic rings. The summed E-state index contributed by atoms with van der Waals surface area (Å²) >= 11 is 0. The smallest absolute Gasteiger partial charge is 0.147 e. The molecule has 0 saturated carbocycles. The van der Waals surface area contributed by atoms with E-state index in [4.69, 9.17) is 0 Å². The van der Waals surface area contributed by atoms with Crippen LogP contribution < -0.4 is 0 Å². The summed E-state index contributed by atoms with van der Waals surface area (Å²) < 4.78 is 21.5. The van der Waals surface area contributed by atoms with E-state index in [-0.39, 0.29) is 5.25 Å². The fourth-order valence-corrected chi connectivity index (χ4v) is 2.24. The third kappa shape index (κ3) is 1.52. The molecule has 3 heteroatoms. The van der Waals surface area contributed by atoms with Gasteiger partial charge in [0.05, 0.1) is 5.25 Å². The second-order valence-corrected chi connectivity index (χ2v) is 4.26. The number of rotatable bonds is 2. The van der Waals surface area contributed by atoms with Crippen LogP contribution in [-0.4, -0.2) is 13.7 Å². The van der Waals surface area contributed by atoms with Crippen LogP contribution in [0.5, 0.6) is 0 Å². The van der Waals surface area contributed by atoms with Gasteiger partial charge in [0.15, 0.2) is 0 Å². The molecular formula is C10H10O2S. The monoisotopic (exact) mass is 194 g/mol. The van der Waals surface area contributed by atoms with E-state index in [0.29, 0.717) is 6.42 Å². The fraction of sp³-hybridized carbons (Fsp3) is 0.200. The molecule has 0 saturated heterocycles. The minimum atomic E-state index is -2.31. The summed E-state index contributed by atoms with van der Waals surface area (Å²) in [6, 6.07) is 9.65. The van der Waals surface area contributed by atoms with Gasteiger partial charge < -0.3 is 0 Å². The van der Waals surface area contributed by atoms with Crippen molar-refractivity contribution in [2.24, 2.45) is 0 Å². The molecule has 68 valence electrons. The van der Waals surface area contributed by atoms with Crippen molar-refractivity contribution in [1.82, 2.24) is 0 Å². The van der Waals surface area contributed by atoms with Crippen molar-refractivity contribution < 1.29 is 8.42 Å². The minimum absolute atomic E-state index is 0.252. The first-order valence-corrected chi connectivity index (χ1v) is 5.42. The van der Waals surface area contributed by atoms with Crippen LogP contribution in [0.15, 0.2) is 36.4 Å². The second kappa shape index (κ2) is 3.34. The molecule has 0 fully saturated rings. The van der Waals surface area contributed by atoms with Crippen molar-refractivity contribution in [2.45, 2.75) is 11.7 Å². The Morgan fingerprint density at radius 1 is 1.15 bits per heavy atom. The van der Waals surface area contributed by atoms with Gasteiger partial charge in [0.2, 0.25) is 0 Å². The Morgan fingerprint density at radius 2 is 1.85 bits per heavy atom. The number of thiol groups is 1. The first-order chi connectivity index (χ1) is 6.29. The first kappa shape index (κ1) is 8.51. The van der Waals surface area contributed by atoms with Crippen molar-refractivity contribution in [1.29, 1.82) is 0 Å². The van der Waals surface area contributed by atoms with Crippen LogP contribution in [0.4, 0.5) is 0 Å². The molecule has 2 nitrogen and oxygen atoms in total. The molecular weight excluding hydrogens is 184 g/mol. The average Bonchev–Trinajstić information content (AvgIpc) is 2.02. The van der Waals surface area contributed by atoms with E-state index in [0.717, 1.165) is 11.1 Å². The third-order valence-corrected chi connectivity index (χ3v) is 3.28. The van der Waals surface area contributed by atoms with Gasteiger partial charge in [0, 0.05) is 0 Å². The van der Waals surface area contributed by atoms with Crippen LogP contribution in [0, 0.1) is 0 Å². The summed E-state index contributed by atoms with van der Waals surface area (Å²) in [7, 11) is -2.31. The lowest BCUT2D eigenvalue weighted by molar-refractivity contribution is 0.606. The van der Waals surface area contributed by atoms with Crippen LogP contribution in [0.3, 0.4) is 0 Å². The zero-order valence-corrected chi connectivity index (χ0v) is 7.91. The lowest BCUT2D eigenvalue weighted by atomic mass is 9.91. The van der Waals surface area contributed by atoms with E-state index in [1.807, 2.05) is 36.4 Å². The Morgan fingerprint density at radius 3 is 2.31 bits per heavy atom. The summed E-state index contributed by atoms with van der Waals surface area (Å²) in [5.41, 5.74) is 1.98. The molecule has 0 bridgehead atoms. The fourth-order valence-electron chi connectivity index (χ4n) is 1.48. The molecule has 1 unspecified atom stereocenters. The highest BCUT2D eigenvalue weighted by molar-refractivity contribution is 7.73. The maximum Gasteiger partial charge on any atom is 0.147 e. The predicted molar refractivity (Wildman–Crippen MR) is 53.1 cm³/mol. The Kier molecular flexibility index (Phi) is 2.19. The molecule has 13 heavy (non-hydrogen) atoms. The number of hydrogen-bond acceptors (Lipinski definition) is 2. The van der Waals surface area contributed by atoms with Gasteiger partial charge in [-0.15, -0.1) is 0 Å². The van der Waals surface area contributed by atoms with Gasteiger partial charge in [0.1, 0.15) is 10.7 Å². The highest BCUT2D eigenvalue weighted by Crippen LogP contribution is 2.31. The van der Waals surface area contributed by atoms with Crippen molar-refractivity contribution in [2.75, 3.05) is 0 Å². The SMILES string of the molecule is O=[SH](=O)C1CC=C1c1ccccc1. The summed E-state index contributed by atoms with van der Waals surface area (Å²) in [4.78, 5) is 0. The van der Waals surface area contributed by atoms with Crippen LogP contribution in [0.2, 0.25) is 0 Å². The van der Waals surface area contributed by atoms with Crippen molar-refractivity contribution in [3.05, 3.63) is 42.0 Å². The lowest BCUT2D eigenvalue weighted by Crippen LogP contribution is -2.19. The molecule has 0 radical (unpaired) electrons. The van der Waals surface area contributed by atoms with E-state index in [9.17, 15) is 8.42 Å². The largest absolute Gasteiger partial charge is 0.231 e. The van der Waals surface area contributed by atoms with Gasteiger partial charge in [-0.05, 0) is 17.6 Å². The Labute approximate surface area is 78.9 Å². The van der Waals surface area contributed by atoms with Crippen LogP contribution in [0.1, 0.15) is 12.0 Å². The lowest BCUT2D eigenvalue weighted by Gasteiger charge is -2.22. The van der Waals surface area contributed by atoms with Gasteiger partial charge in [-0.3, -0.25) is 0 Å². The van der Waals surface area contributed by atoms with E-state index < -0.39 is 10.7 Å². The van der Waals surface area contributed by atoms with E-state index in [1.165, 1.54) is 0 Å². The topological polar surface area (TPSA) is 34.1 Å². The molecule has 0 amide bonds. The summed E-state index contributed by atoms with van der Waals surface area (Å²) in [5, 5.41) is -0.252. The summed E-state index contributed by atoms with van der Waals surface area (Å²) in [6.45, 7) is 0. The van der Waals surface area contributed by atoms with Crippen LogP contribution >= 0.6 is 0 Å². The number of hydrogen-bond donors (Lipinski definition) is 1. The molecule has 0 N–H and O–H groups in total. The normalized spacial score (nSPS) is 21.0. The summed E-state index contributed by atoms with van der Waals surface area (Å²) in [5.74, 6) is 0. The summed E-state index contributed by atoms with van der Waals surface area (Å²) in [6.07, 6.45) is 2.65. The van der Waals surface area contributed by atoms with Gasteiger partial charge in [0.25, 0.3) is 0 Å². The van der Waals surface area contributed by atoms with E-state index in [1.54, 1.807) is 0 Å². The Hall–Kier alpha value is -1.09. The minimum Gasteiger partial charge on any atom is -0.231 e. The first-order valence-electron chi connectivity index (χ1n) is 4.18.